The van der Waals surface area contributed by atoms with Gasteiger partial charge in [-0.2, -0.15) is 17.9 Å². The standard InChI is InChI=1S/C10H21N5O3S/c1-15-6-4-10(5-7-15,9(11)12-16)14-19(17,18)13-8-2-3-8/h8,13-14,16H,2-7H2,1H3,(H2,11,12). The van der Waals surface area contributed by atoms with Gasteiger partial charge in [0.25, 0.3) is 10.2 Å². The van der Waals surface area contributed by atoms with Crippen LogP contribution in [0.5, 0.6) is 0 Å². The fraction of sp³-hybridized carbons (Fsp3) is 0.900. The third kappa shape index (κ3) is 3.56. The highest BCUT2D eigenvalue weighted by Gasteiger charge is 2.42. The van der Waals surface area contributed by atoms with Gasteiger partial charge >= 0.3 is 0 Å². The van der Waals surface area contributed by atoms with Crippen molar-refractivity contribution in [1.29, 1.82) is 0 Å². The van der Waals surface area contributed by atoms with E-state index in [0.29, 0.717) is 25.9 Å². The second-order valence-electron chi connectivity index (χ2n) is 5.37. The average Bonchev–Trinajstić information content (AvgIpc) is 3.14. The molecule has 0 atom stereocenters. The second-order valence-corrected chi connectivity index (χ2v) is 6.81. The zero-order valence-corrected chi connectivity index (χ0v) is 11.8. The lowest BCUT2D eigenvalue weighted by Gasteiger charge is -2.39. The van der Waals surface area contributed by atoms with Gasteiger partial charge in [0.05, 0.1) is 5.54 Å². The van der Waals surface area contributed by atoms with E-state index in [1.54, 1.807) is 0 Å². The van der Waals surface area contributed by atoms with Crippen molar-refractivity contribution in [2.24, 2.45) is 10.9 Å². The topological polar surface area (TPSA) is 120 Å². The van der Waals surface area contributed by atoms with E-state index in [0.717, 1.165) is 12.8 Å². The van der Waals surface area contributed by atoms with Crippen molar-refractivity contribution < 1.29 is 13.6 Å². The largest absolute Gasteiger partial charge is 0.409 e. The molecule has 0 aromatic heterocycles. The molecule has 2 rings (SSSR count). The Morgan fingerprint density at radius 3 is 2.47 bits per heavy atom. The van der Waals surface area contributed by atoms with Gasteiger partial charge in [0, 0.05) is 19.1 Å². The first-order chi connectivity index (χ1) is 8.87. The number of nitrogens with one attached hydrogen (secondary N) is 2. The van der Waals surface area contributed by atoms with E-state index in [1.165, 1.54) is 0 Å². The molecule has 0 amide bonds. The lowest BCUT2D eigenvalue weighted by molar-refractivity contribution is 0.213. The molecule has 0 unspecified atom stereocenters. The van der Waals surface area contributed by atoms with Crippen LogP contribution in [0.1, 0.15) is 25.7 Å². The minimum atomic E-state index is -3.64. The maximum atomic E-state index is 12.0. The quantitative estimate of drug-likeness (QED) is 0.219. The van der Waals surface area contributed by atoms with Crippen molar-refractivity contribution in [3.05, 3.63) is 0 Å². The van der Waals surface area contributed by atoms with Gasteiger partial charge in [0.1, 0.15) is 0 Å². The van der Waals surface area contributed by atoms with Crippen molar-refractivity contribution in [2.75, 3.05) is 20.1 Å². The Hall–Kier alpha value is -0.900. The van der Waals surface area contributed by atoms with Crippen LogP contribution in [0.2, 0.25) is 0 Å². The van der Waals surface area contributed by atoms with Gasteiger partial charge in [-0.1, -0.05) is 5.16 Å². The molecule has 1 heterocycles. The number of piperidine rings is 1. The summed E-state index contributed by atoms with van der Waals surface area (Å²) in [6.07, 6.45) is 2.68. The van der Waals surface area contributed by atoms with Gasteiger partial charge < -0.3 is 15.8 Å². The van der Waals surface area contributed by atoms with Gasteiger partial charge in [-0.3, -0.25) is 0 Å². The maximum absolute atomic E-state index is 12.0. The highest BCUT2D eigenvalue weighted by Crippen LogP contribution is 2.24. The number of nitrogens with zero attached hydrogens (tertiary/aromatic N) is 2. The Labute approximate surface area is 113 Å². The van der Waals surface area contributed by atoms with Crippen LogP contribution in [0.15, 0.2) is 5.16 Å². The van der Waals surface area contributed by atoms with Crippen LogP contribution in [0, 0.1) is 0 Å². The molecule has 8 nitrogen and oxygen atoms in total. The highest BCUT2D eigenvalue weighted by atomic mass is 32.2. The van der Waals surface area contributed by atoms with Crippen molar-refractivity contribution in [1.82, 2.24) is 14.3 Å². The molecule has 19 heavy (non-hydrogen) atoms. The number of likely N-dealkylation sites (tertiary alicyclic amines) is 1. The molecular formula is C10H21N5O3S. The summed E-state index contributed by atoms with van der Waals surface area (Å²) in [5.74, 6) is -0.0817. The number of hydrogen-bond acceptors (Lipinski definition) is 5. The number of nitrogens with two attached hydrogens (primary N) is 1. The van der Waals surface area contributed by atoms with Gasteiger partial charge in [-0.25, -0.2) is 0 Å². The summed E-state index contributed by atoms with van der Waals surface area (Å²) in [4.78, 5) is 2.07. The van der Waals surface area contributed by atoms with Crippen LogP contribution in [-0.4, -0.2) is 56.1 Å². The smallest absolute Gasteiger partial charge is 0.278 e. The van der Waals surface area contributed by atoms with Crippen molar-refractivity contribution in [3.8, 4) is 0 Å². The normalized spacial score (nSPS) is 25.4. The molecule has 0 bridgehead atoms. The lowest BCUT2D eigenvalue weighted by Crippen LogP contribution is -2.63. The fourth-order valence-corrected chi connectivity index (χ4v) is 3.77. The first kappa shape index (κ1) is 14.5. The van der Waals surface area contributed by atoms with E-state index in [9.17, 15) is 8.42 Å². The van der Waals surface area contributed by atoms with Crippen LogP contribution in [0.25, 0.3) is 0 Å². The SMILES string of the molecule is CN1CCC(NS(=O)(=O)NC2CC2)(C(N)=NO)CC1. The summed E-state index contributed by atoms with van der Waals surface area (Å²) in [5, 5.41) is 11.9. The monoisotopic (exact) mass is 291 g/mol. The molecule has 9 heteroatoms. The van der Waals surface area contributed by atoms with Crippen molar-refractivity contribution >= 4 is 16.0 Å². The lowest BCUT2D eigenvalue weighted by atomic mass is 9.88. The number of amidine groups is 1. The highest BCUT2D eigenvalue weighted by molar-refractivity contribution is 7.87. The van der Waals surface area contributed by atoms with E-state index in [1.807, 2.05) is 7.05 Å². The summed E-state index contributed by atoms with van der Waals surface area (Å²) in [6, 6.07) is 0.0214. The Morgan fingerprint density at radius 1 is 1.42 bits per heavy atom. The molecule has 1 saturated heterocycles. The molecule has 0 radical (unpaired) electrons. The molecule has 5 N–H and O–H groups in total. The van der Waals surface area contributed by atoms with E-state index in [-0.39, 0.29) is 11.9 Å². The van der Waals surface area contributed by atoms with E-state index in [4.69, 9.17) is 10.9 Å². The molecule has 1 aliphatic carbocycles. The number of hydrogen-bond donors (Lipinski definition) is 4. The number of oxime groups is 1. The van der Waals surface area contributed by atoms with Crippen LogP contribution in [0.4, 0.5) is 0 Å². The van der Waals surface area contributed by atoms with E-state index < -0.39 is 15.7 Å². The Morgan fingerprint density at radius 2 is 2.00 bits per heavy atom. The predicted molar refractivity (Wildman–Crippen MR) is 71.1 cm³/mol. The first-order valence-corrected chi connectivity index (χ1v) is 7.83. The average molecular weight is 291 g/mol. The Kier molecular flexibility index (Phi) is 4.00. The molecule has 1 aliphatic heterocycles. The first-order valence-electron chi connectivity index (χ1n) is 6.35. The van der Waals surface area contributed by atoms with Crippen LogP contribution in [-0.2, 0) is 10.2 Å². The Balaban J connectivity index is 2.14. The maximum Gasteiger partial charge on any atom is 0.278 e. The van der Waals surface area contributed by atoms with Gasteiger partial charge in [-0.15, -0.1) is 0 Å². The van der Waals surface area contributed by atoms with Gasteiger partial charge in [-0.05, 0) is 32.7 Å². The van der Waals surface area contributed by atoms with E-state index in [2.05, 4.69) is 19.5 Å². The molecule has 110 valence electrons. The third-order valence-corrected chi connectivity index (χ3v) is 4.97. The zero-order valence-electron chi connectivity index (χ0n) is 11.0. The predicted octanol–water partition coefficient (Wildman–Crippen LogP) is -1.22. The molecule has 1 saturated carbocycles. The molecule has 2 aliphatic rings. The fourth-order valence-electron chi connectivity index (χ4n) is 2.21. The van der Waals surface area contributed by atoms with Crippen LogP contribution < -0.4 is 15.2 Å². The summed E-state index contributed by atoms with van der Waals surface area (Å²) in [5.41, 5.74) is 4.71. The third-order valence-electron chi connectivity index (χ3n) is 3.67. The summed E-state index contributed by atoms with van der Waals surface area (Å²) in [7, 11) is -1.69. The molecular weight excluding hydrogens is 270 g/mol. The molecule has 0 aromatic rings. The minimum Gasteiger partial charge on any atom is -0.409 e. The van der Waals surface area contributed by atoms with Gasteiger partial charge in [0.2, 0.25) is 0 Å². The summed E-state index contributed by atoms with van der Waals surface area (Å²) < 4.78 is 29.2. The molecule has 0 spiro atoms. The zero-order chi connectivity index (χ0) is 14.1. The minimum absolute atomic E-state index is 0.0214. The second kappa shape index (κ2) is 5.23. The van der Waals surface area contributed by atoms with Crippen LogP contribution in [0.3, 0.4) is 0 Å². The Bertz CT molecular complexity index is 452. The van der Waals surface area contributed by atoms with E-state index >= 15 is 0 Å². The van der Waals surface area contributed by atoms with Crippen molar-refractivity contribution in [2.45, 2.75) is 37.3 Å². The van der Waals surface area contributed by atoms with Crippen LogP contribution >= 0.6 is 0 Å². The van der Waals surface area contributed by atoms with Crippen molar-refractivity contribution in [3.63, 3.8) is 0 Å². The summed E-state index contributed by atoms with van der Waals surface area (Å²) >= 11 is 0. The van der Waals surface area contributed by atoms with Gasteiger partial charge in [0.15, 0.2) is 5.84 Å². The molecule has 2 fully saturated rings. The number of rotatable bonds is 5. The molecule has 0 aromatic carbocycles. The summed E-state index contributed by atoms with van der Waals surface area (Å²) in [6.45, 7) is 1.37.